The maximum atomic E-state index is 12.3. The van der Waals surface area contributed by atoms with Gasteiger partial charge in [0, 0.05) is 39.0 Å². The largest absolute Gasteiger partial charge is 0.379 e. The second-order valence-corrected chi connectivity index (χ2v) is 5.53. The standard InChI is InChI=1S/C16H21N5O3/c1-3-23-10-12-9-21(6-7-24-12)16-19-14(8-15(22)20(16)2)13-4-5-17-11-18-13/h4-5,8,11-12H,3,6-7,9-10H2,1-2H3. The molecular formula is C16H21N5O3. The van der Waals surface area contributed by atoms with Crippen molar-refractivity contribution in [2.24, 2.45) is 7.05 Å². The Balaban J connectivity index is 1.89. The zero-order valence-corrected chi connectivity index (χ0v) is 13.9. The van der Waals surface area contributed by atoms with Gasteiger partial charge in [0.25, 0.3) is 5.56 Å². The Kier molecular flexibility index (Phi) is 5.17. The lowest BCUT2D eigenvalue weighted by molar-refractivity contribution is -0.0212. The third-order valence-electron chi connectivity index (χ3n) is 3.89. The lowest BCUT2D eigenvalue weighted by Crippen LogP contribution is -2.46. The minimum atomic E-state index is -0.124. The second kappa shape index (κ2) is 7.50. The third kappa shape index (κ3) is 3.60. The Hall–Kier alpha value is -2.32. The van der Waals surface area contributed by atoms with E-state index in [0.29, 0.717) is 50.2 Å². The molecule has 1 atom stereocenters. The van der Waals surface area contributed by atoms with E-state index >= 15 is 0 Å². The molecule has 0 aliphatic carbocycles. The topological polar surface area (TPSA) is 82.4 Å². The van der Waals surface area contributed by atoms with E-state index in [1.165, 1.54) is 12.4 Å². The summed E-state index contributed by atoms with van der Waals surface area (Å²) in [5.41, 5.74) is 1.05. The van der Waals surface area contributed by atoms with E-state index in [0.717, 1.165) is 0 Å². The number of morpholine rings is 1. The highest BCUT2D eigenvalue weighted by Crippen LogP contribution is 2.18. The summed E-state index contributed by atoms with van der Waals surface area (Å²) >= 11 is 0. The molecule has 0 N–H and O–H groups in total. The quantitative estimate of drug-likeness (QED) is 0.788. The smallest absolute Gasteiger partial charge is 0.255 e. The Morgan fingerprint density at radius 3 is 3.04 bits per heavy atom. The minimum absolute atomic E-state index is 0.0293. The summed E-state index contributed by atoms with van der Waals surface area (Å²) in [5.74, 6) is 0.612. The van der Waals surface area contributed by atoms with Crippen molar-refractivity contribution >= 4 is 5.95 Å². The van der Waals surface area contributed by atoms with Gasteiger partial charge in [0.2, 0.25) is 5.95 Å². The van der Waals surface area contributed by atoms with Crippen LogP contribution in [0.5, 0.6) is 0 Å². The first-order valence-electron chi connectivity index (χ1n) is 7.97. The molecule has 1 fully saturated rings. The number of rotatable bonds is 5. The minimum Gasteiger partial charge on any atom is -0.379 e. The van der Waals surface area contributed by atoms with Gasteiger partial charge in [0.1, 0.15) is 6.33 Å². The lowest BCUT2D eigenvalue weighted by atomic mass is 10.2. The maximum absolute atomic E-state index is 12.3. The van der Waals surface area contributed by atoms with Crippen molar-refractivity contribution in [1.29, 1.82) is 0 Å². The zero-order chi connectivity index (χ0) is 16.9. The van der Waals surface area contributed by atoms with Gasteiger partial charge in [-0.2, -0.15) is 0 Å². The van der Waals surface area contributed by atoms with Gasteiger partial charge < -0.3 is 14.4 Å². The predicted molar refractivity (Wildman–Crippen MR) is 89.0 cm³/mol. The normalized spacial score (nSPS) is 17.9. The first kappa shape index (κ1) is 16.5. The van der Waals surface area contributed by atoms with Gasteiger partial charge in [-0.15, -0.1) is 0 Å². The molecule has 0 spiro atoms. The number of hydrogen-bond acceptors (Lipinski definition) is 7. The van der Waals surface area contributed by atoms with Gasteiger partial charge in [0.15, 0.2) is 0 Å². The highest BCUT2D eigenvalue weighted by Gasteiger charge is 2.24. The Morgan fingerprint density at radius 1 is 1.42 bits per heavy atom. The van der Waals surface area contributed by atoms with Crippen molar-refractivity contribution in [3.8, 4) is 11.4 Å². The highest BCUT2D eigenvalue weighted by molar-refractivity contribution is 5.55. The molecule has 1 aliphatic rings. The van der Waals surface area contributed by atoms with Crippen LogP contribution in [0.25, 0.3) is 11.4 Å². The second-order valence-electron chi connectivity index (χ2n) is 5.53. The van der Waals surface area contributed by atoms with Crippen LogP contribution in [0.1, 0.15) is 6.92 Å². The molecule has 3 rings (SSSR count). The number of anilines is 1. The molecule has 24 heavy (non-hydrogen) atoms. The van der Waals surface area contributed by atoms with E-state index in [4.69, 9.17) is 9.47 Å². The summed E-state index contributed by atoms with van der Waals surface area (Å²) in [5, 5.41) is 0. The van der Waals surface area contributed by atoms with Crippen LogP contribution >= 0.6 is 0 Å². The Labute approximate surface area is 140 Å². The molecule has 3 heterocycles. The summed E-state index contributed by atoms with van der Waals surface area (Å²) in [7, 11) is 1.72. The Bertz CT molecular complexity index is 734. The van der Waals surface area contributed by atoms with Crippen LogP contribution in [0.3, 0.4) is 0 Å². The van der Waals surface area contributed by atoms with Crippen LogP contribution < -0.4 is 10.5 Å². The summed E-state index contributed by atoms with van der Waals surface area (Å²) in [6.07, 6.45) is 3.05. The zero-order valence-electron chi connectivity index (χ0n) is 13.9. The van der Waals surface area contributed by atoms with E-state index in [2.05, 4.69) is 19.9 Å². The van der Waals surface area contributed by atoms with Crippen LogP contribution in [0.15, 0.2) is 29.5 Å². The van der Waals surface area contributed by atoms with Crippen molar-refractivity contribution in [2.75, 3.05) is 37.8 Å². The summed E-state index contributed by atoms with van der Waals surface area (Å²) in [4.78, 5) is 27.1. The fourth-order valence-corrected chi connectivity index (χ4v) is 2.63. The molecule has 0 radical (unpaired) electrons. The van der Waals surface area contributed by atoms with Gasteiger partial charge in [-0.25, -0.2) is 15.0 Å². The van der Waals surface area contributed by atoms with E-state index < -0.39 is 0 Å². The molecule has 2 aromatic heterocycles. The first-order chi connectivity index (χ1) is 11.7. The van der Waals surface area contributed by atoms with Crippen LogP contribution in [-0.4, -0.2) is 58.5 Å². The van der Waals surface area contributed by atoms with Gasteiger partial charge in [-0.05, 0) is 13.0 Å². The summed E-state index contributed by atoms with van der Waals surface area (Å²) in [6.45, 7) is 5.03. The molecule has 1 saturated heterocycles. The molecule has 0 bridgehead atoms. The van der Waals surface area contributed by atoms with E-state index in [1.807, 2.05) is 6.92 Å². The van der Waals surface area contributed by atoms with Crippen LogP contribution in [0, 0.1) is 0 Å². The molecule has 8 heteroatoms. The summed E-state index contributed by atoms with van der Waals surface area (Å²) < 4.78 is 12.7. The molecule has 0 saturated carbocycles. The van der Waals surface area contributed by atoms with E-state index in [9.17, 15) is 4.79 Å². The average molecular weight is 331 g/mol. The SMILES string of the molecule is CCOCC1CN(c2nc(-c3ccncn3)cc(=O)n2C)CCO1. The Morgan fingerprint density at radius 2 is 2.29 bits per heavy atom. The molecule has 8 nitrogen and oxygen atoms in total. The average Bonchev–Trinajstić information content (AvgIpc) is 2.63. The van der Waals surface area contributed by atoms with Gasteiger partial charge in [-0.3, -0.25) is 9.36 Å². The molecule has 1 aliphatic heterocycles. The van der Waals surface area contributed by atoms with Crippen molar-refractivity contribution in [3.63, 3.8) is 0 Å². The maximum Gasteiger partial charge on any atom is 0.255 e. The van der Waals surface area contributed by atoms with Gasteiger partial charge in [0.05, 0.1) is 30.7 Å². The lowest BCUT2D eigenvalue weighted by Gasteiger charge is -2.34. The number of ether oxygens (including phenoxy) is 2. The number of hydrogen-bond donors (Lipinski definition) is 0. The highest BCUT2D eigenvalue weighted by atomic mass is 16.5. The van der Waals surface area contributed by atoms with Crippen LogP contribution in [0.4, 0.5) is 5.95 Å². The molecule has 2 aromatic rings. The molecule has 0 aromatic carbocycles. The summed E-state index contributed by atoms with van der Waals surface area (Å²) in [6, 6.07) is 3.23. The predicted octanol–water partition coefficient (Wildman–Crippen LogP) is 0.479. The van der Waals surface area contributed by atoms with Crippen LogP contribution in [0.2, 0.25) is 0 Å². The fraction of sp³-hybridized carbons (Fsp3) is 0.500. The van der Waals surface area contributed by atoms with Gasteiger partial charge >= 0.3 is 0 Å². The monoisotopic (exact) mass is 331 g/mol. The number of nitrogens with zero attached hydrogens (tertiary/aromatic N) is 5. The molecule has 0 amide bonds. The molecular weight excluding hydrogens is 310 g/mol. The third-order valence-corrected chi connectivity index (χ3v) is 3.89. The molecule has 1 unspecified atom stereocenters. The van der Waals surface area contributed by atoms with Crippen molar-refractivity contribution in [3.05, 3.63) is 35.0 Å². The first-order valence-corrected chi connectivity index (χ1v) is 7.97. The van der Waals surface area contributed by atoms with E-state index in [1.54, 1.807) is 23.9 Å². The fourth-order valence-electron chi connectivity index (χ4n) is 2.63. The van der Waals surface area contributed by atoms with E-state index in [-0.39, 0.29) is 11.7 Å². The van der Waals surface area contributed by atoms with Crippen molar-refractivity contribution in [2.45, 2.75) is 13.0 Å². The van der Waals surface area contributed by atoms with Crippen molar-refractivity contribution in [1.82, 2.24) is 19.5 Å². The van der Waals surface area contributed by atoms with Crippen molar-refractivity contribution < 1.29 is 9.47 Å². The van der Waals surface area contributed by atoms with Gasteiger partial charge in [-0.1, -0.05) is 0 Å². The molecule has 128 valence electrons. The number of aromatic nitrogens is 4. The van der Waals surface area contributed by atoms with Crippen LogP contribution in [-0.2, 0) is 16.5 Å².